The highest BCUT2D eigenvalue weighted by Crippen LogP contribution is 2.36. The molecule has 2 heterocycles. The van der Waals surface area contributed by atoms with E-state index < -0.39 is 0 Å². The van der Waals surface area contributed by atoms with Crippen LogP contribution in [0.5, 0.6) is 11.5 Å². The van der Waals surface area contributed by atoms with Crippen molar-refractivity contribution in [3.8, 4) is 11.5 Å². The van der Waals surface area contributed by atoms with Gasteiger partial charge in [-0.1, -0.05) is 24.6 Å². The van der Waals surface area contributed by atoms with Crippen LogP contribution in [0.2, 0.25) is 5.02 Å². The molecular weight excluding hydrogens is 468 g/mol. The Morgan fingerprint density at radius 3 is 2.63 bits per heavy atom. The Balaban J connectivity index is 1.62. The Hall–Kier alpha value is -3.95. The fourth-order valence-electron chi connectivity index (χ4n) is 3.40. The summed E-state index contributed by atoms with van der Waals surface area (Å²) < 4.78 is 11.5. The van der Waals surface area contributed by atoms with Crippen molar-refractivity contribution in [1.82, 2.24) is 15.0 Å². The second-order valence-electron chi connectivity index (χ2n) is 7.49. The van der Waals surface area contributed by atoms with E-state index in [4.69, 9.17) is 26.9 Å². The molecule has 0 saturated heterocycles. The average Bonchev–Trinajstić information content (AvgIpc) is 2.88. The van der Waals surface area contributed by atoms with Crippen molar-refractivity contribution in [1.29, 1.82) is 0 Å². The number of nitrogens with two attached hydrogens (primary N) is 1. The molecule has 1 amide bonds. The van der Waals surface area contributed by atoms with Crippen LogP contribution in [-0.4, -0.2) is 27.5 Å². The molecule has 0 spiro atoms. The van der Waals surface area contributed by atoms with Gasteiger partial charge in [0.2, 0.25) is 5.91 Å². The number of fused-ring (bicyclic) bond motifs is 1. The lowest BCUT2D eigenvalue weighted by molar-refractivity contribution is -0.118. The van der Waals surface area contributed by atoms with Crippen LogP contribution in [0.1, 0.15) is 26.0 Å². The smallest absolute Gasteiger partial charge is 0.241 e. The quantitative estimate of drug-likeness (QED) is 0.190. The summed E-state index contributed by atoms with van der Waals surface area (Å²) in [5.41, 5.74) is 2.56. The molecule has 2 aromatic heterocycles. The maximum atomic E-state index is 12.3. The number of hydrogen-bond acceptors (Lipinski definition) is 8. The summed E-state index contributed by atoms with van der Waals surface area (Å²) in [6, 6.07) is 14.5. The minimum Gasteiger partial charge on any atom is -0.492 e. The number of halogens is 1. The highest BCUT2D eigenvalue weighted by molar-refractivity contribution is 6.32. The largest absolute Gasteiger partial charge is 0.492 e. The van der Waals surface area contributed by atoms with Gasteiger partial charge in [0, 0.05) is 29.8 Å². The van der Waals surface area contributed by atoms with E-state index in [9.17, 15) is 4.79 Å². The summed E-state index contributed by atoms with van der Waals surface area (Å²) in [4.78, 5) is 25.2. The lowest BCUT2D eigenvalue weighted by atomic mass is 10.1. The zero-order valence-corrected chi connectivity index (χ0v) is 20.1. The van der Waals surface area contributed by atoms with E-state index in [0.717, 1.165) is 10.7 Å². The SMILES string of the molecule is CCOc1cc2ncnc(Nc3ccc(OCc4ccccn4)c(Cl)c3)c2cc1N(N)C(=O)CC. The topological polar surface area (TPSA) is 115 Å². The first-order valence-electron chi connectivity index (χ1n) is 11.1. The monoisotopic (exact) mass is 492 g/mol. The maximum absolute atomic E-state index is 12.3. The molecule has 4 rings (SSSR count). The molecular formula is C25H25ClN6O3. The molecule has 0 atom stereocenters. The van der Waals surface area contributed by atoms with Crippen molar-refractivity contribution in [2.24, 2.45) is 5.84 Å². The van der Waals surface area contributed by atoms with Gasteiger partial charge in [-0.2, -0.15) is 0 Å². The number of amides is 1. The summed E-state index contributed by atoms with van der Waals surface area (Å²) in [6.07, 6.45) is 3.41. The molecule has 0 fully saturated rings. The third-order valence-electron chi connectivity index (χ3n) is 5.14. The van der Waals surface area contributed by atoms with Gasteiger partial charge in [0.25, 0.3) is 0 Å². The van der Waals surface area contributed by atoms with Gasteiger partial charge in [-0.15, -0.1) is 0 Å². The molecule has 3 N–H and O–H groups in total. The summed E-state index contributed by atoms with van der Waals surface area (Å²) in [6.45, 7) is 4.32. The number of nitrogens with one attached hydrogen (secondary N) is 1. The average molecular weight is 493 g/mol. The van der Waals surface area contributed by atoms with Crippen LogP contribution in [0.15, 0.2) is 61.1 Å². The molecule has 4 aromatic rings. The molecule has 10 heteroatoms. The van der Waals surface area contributed by atoms with E-state index in [-0.39, 0.29) is 12.3 Å². The van der Waals surface area contributed by atoms with Gasteiger partial charge >= 0.3 is 0 Å². The second kappa shape index (κ2) is 11.0. The van der Waals surface area contributed by atoms with Gasteiger partial charge < -0.3 is 14.8 Å². The third kappa shape index (κ3) is 5.59. The number of carbonyl (C=O) groups is 1. The minimum absolute atomic E-state index is 0.246. The van der Waals surface area contributed by atoms with Gasteiger partial charge in [-0.25, -0.2) is 20.8 Å². The first-order chi connectivity index (χ1) is 17.0. The molecule has 9 nitrogen and oxygen atoms in total. The van der Waals surface area contributed by atoms with E-state index in [1.54, 1.807) is 37.4 Å². The predicted octanol–water partition coefficient (Wildman–Crippen LogP) is 5.02. The fraction of sp³-hybridized carbons (Fsp3) is 0.200. The van der Waals surface area contributed by atoms with Crippen LogP contribution in [0.25, 0.3) is 10.9 Å². The van der Waals surface area contributed by atoms with Crippen LogP contribution in [-0.2, 0) is 11.4 Å². The van der Waals surface area contributed by atoms with Crippen LogP contribution < -0.4 is 25.6 Å². The highest BCUT2D eigenvalue weighted by Gasteiger charge is 2.18. The third-order valence-corrected chi connectivity index (χ3v) is 5.44. The number of ether oxygens (including phenoxy) is 2. The van der Waals surface area contributed by atoms with Crippen molar-refractivity contribution in [2.75, 3.05) is 16.9 Å². The maximum Gasteiger partial charge on any atom is 0.241 e. The number of nitrogens with zero attached hydrogens (tertiary/aromatic N) is 4. The molecule has 0 aliphatic carbocycles. The zero-order chi connectivity index (χ0) is 24.8. The van der Waals surface area contributed by atoms with E-state index in [1.807, 2.05) is 31.2 Å². The van der Waals surface area contributed by atoms with Crippen LogP contribution in [0.3, 0.4) is 0 Å². The number of hydrogen-bond donors (Lipinski definition) is 2. The normalized spacial score (nSPS) is 10.7. The number of anilines is 3. The van der Waals surface area contributed by atoms with E-state index in [1.165, 1.54) is 6.33 Å². The molecule has 0 aliphatic heterocycles. The second-order valence-corrected chi connectivity index (χ2v) is 7.90. The predicted molar refractivity (Wildman–Crippen MR) is 136 cm³/mol. The van der Waals surface area contributed by atoms with Gasteiger partial charge in [0.15, 0.2) is 0 Å². The van der Waals surface area contributed by atoms with Gasteiger partial charge in [0.05, 0.1) is 22.8 Å². The molecule has 0 radical (unpaired) electrons. The number of aromatic nitrogens is 3. The molecule has 0 saturated carbocycles. The summed E-state index contributed by atoms with van der Waals surface area (Å²) >= 11 is 6.46. The van der Waals surface area contributed by atoms with E-state index in [0.29, 0.717) is 57.8 Å². The molecule has 0 bridgehead atoms. The van der Waals surface area contributed by atoms with Crippen LogP contribution >= 0.6 is 11.6 Å². The first-order valence-corrected chi connectivity index (χ1v) is 11.5. The summed E-state index contributed by atoms with van der Waals surface area (Å²) in [5, 5.41) is 5.45. The molecule has 0 aliphatic rings. The first kappa shape index (κ1) is 24.2. The van der Waals surface area contributed by atoms with Crippen molar-refractivity contribution < 1.29 is 14.3 Å². The van der Waals surface area contributed by atoms with E-state index >= 15 is 0 Å². The number of rotatable bonds is 9. The van der Waals surface area contributed by atoms with Gasteiger partial charge in [-0.3, -0.25) is 9.78 Å². The van der Waals surface area contributed by atoms with Crippen LogP contribution in [0, 0.1) is 0 Å². The Morgan fingerprint density at radius 2 is 1.91 bits per heavy atom. The number of benzene rings is 2. The fourth-order valence-corrected chi connectivity index (χ4v) is 3.64. The van der Waals surface area contributed by atoms with Gasteiger partial charge in [-0.05, 0) is 43.3 Å². The molecule has 2 aromatic carbocycles. The minimum atomic E-state index is -0.246. The molecule has 0 unspecified atom stereocenters. The van der Waals surface area contributed by atoms with Crippen LogP contribution in [0.4, 0.5) is 17.2 Å². The van der Waals surface area contributed by atoms with Crippen molar-refractivity contribution in [3.63, 3.8) is 0 Å². The lowest BCUT2D eigenvalue weighted by Crippen LogP contribution is -2.37. The Bertz CT molecular complexity index is 1340. The summed E-state index contributed by atoms with van der Waals surface area (Å²) in [7, 11) is 0. The molecule has 180 valence electrons. The Morgan fingerprint density at radius 1 is 1.06 bits per heavy atom. The Labute approximate surface area is 207 Å². The molecule has 35 heavy (non-hydrogen) atoms. The van der Waals surface area contributed by atoms with Crippen molar-refractivity contribution >= 4 is 45.6 Å². The standard InChI is InChI=1S/C25H25ClN6O3/c1-3-24(33)32(27)21-12-18-20(13-23(21)34-4-2)29-15-30-25(18)31-16-8-9-22(19(26)11-16)35-14-17-7-5-6-10-28-17/h5-13,15H,3-4,14,27H2,1-2H3,(H,29,30,31). The van der Waals surface area contributed by atoms with E-state index in [2.05, 4.69) is 20.3 Å². The Kier molecular flexibility index (Phi) is 7.59. The van der Waals surface area contributed by atoms with Gasteiger partial charge in [0.1, 0.15) is 35.9 Å². The van der Waals surface area contributed by atoms with Crippen molar-refractivity contribution in [2.45, 2.75) is 26.9 Å². The lowest BCUT2D eigenvalue weighted by Gasteiger charge is -2.20. The van der Waals surface area contributed by atoms with Crippen molar-refractivity contribution in [3.05, 3.63) is 71.8 Å². The number of hydrazine groups is 1. The summed E-state index contributed by atoms with van der Waals surface area (Å²) in [5.74, 6) is 7.37. The number of pyridine rings is 1. The highest BCUT2D eigenvalue weighted by atomic mass is 35.5. The number of carbonyl (C=O) groups excluding carboxylic acids is 1. The zero-order valence-electron chi connectivity index (χ0n) is 19.4.